The van der Waals surface area contributed by atoms with Crippen LogP contribution in [0, 0.1) is 6.92 Å². The molecule has 0 saturated carbocycles. The Kier molecular flexibility index (Phi) is 4.84. The number of hydrogen-bond donors (Lipinski definition) is 0. The Labute approximate surface area is 154 Å². The fraction of sp³-hybridized carbons (Fsp3) is 0.421. The molecule has 0 spiro atoms. The molecular formula is C19H23BClNO3. The van der Waals surface area contributed by atoms with Crippen LogP contribution in [0.1, 0.15) is 38.8 Å². The van der Waals surface area contributed by atoms with Crippen molar-refractivity contribution in [2.45, 2.75) is 52.4 Å². The van der Waals surface area contributed by atoms with Crippen LogP contribution in [-0.2, 0) is 15.9 Å². The summed E-state index contributed by atoms with van der Waals surface area (Å²) in [5, 5.41) is 0.712. The van der Waals surface area contributed by atoms with E-state index in [9.17, 15) is 0 Å². The number of nitrogens with zero attached hydrogens (tertiary/aromatic N) is 1. The summed E-state index contributed by atoms with van der Waals surface area (Å²) in [6.07, 6.45) is 3.51. The number of rotatable bonds is 4. The molecule has 1 aromatic heterocycles. The topological polar surface area (TPSA) is 40.6 Å². The maximum absolute atomic E-state index is 6.13. The van der Waals surface area contributed by atoms with E-state index in [0.29, 0.717) is 11.6 Å². The van der Waals surface area contributed by atoms with Crippen molar-refractivity contribution in [2.75, 3.05) is 0 Å². The molecule has 0 aliphatic carbocycles. The highest BCUT2D eigenvalue weighted by Gasteiger charge is 2.52. The highest BCUT2D eigenvalue weighted by atomic mass is 35.5. The molecule has 2 heterocycles. The van der Waals surface area contributed by atoms with E-state index < -0.39 is 7.12 Å². The van der Waals surface area contributed by atoms with Crippen LogP contribution >= 0.6 is 11.6 Å². The van der Waals surface area contributed by atoms with E-state index >= 15 is 0 Å². The highest BCUT2D eigenvalue weighted by Crippen LogP contribution is 2.37. The minimum atomic E-state index is -0.448. The van der Waals surface area contributed by atoms with Gasteiger partial charge in [-0.3, -0.25) is 4.98 Å². The standard InChI is InChI=1S/C19H23BClNO3/c1-13-16(20-24-18(2,3)19(4,5)25-20)10-22-11-17(13)23-12-14-6-8-15(21)9-7-14/h6-11H,12H2,1-5H3. The third kappa shape index (κ3) is 3.69. The molecule has 3 rings (SSSR count). The predicted octanol–water partition coefficient (Wildman–Crippen LogP) is 3.92. The lowest BCUT2D eigenvalue weighted by atomic mass is 9.77. The molecule has 0 unspecified atom stereocenters. The molecule has 2 aromatic rings. The average Bonchev–Trinajstić information content (AvgIpc) is 2.76. The van der Waals surface area contributed by atoms with E-state index in [4.69, 9.17) is 25.6 Å². The summed E-state index contributed by atoms with van der Waals surface area (Å²) in [5.41, 5.74) is 2.15. The highest BCUT2D eigenvalue weighted by molar-refractivity contribution is 6.62. The van der Waals surface area contributed by atoms with Gasteiger partial charge in [0.15, 0.2) is 0 Å². The Morgan fingerprint density at radius 3 is 2.24 bits per heavy atom. The number of aromatic nitrogens is 1. The lowest BCUT2D eigenvalue weighted by Crippen LogP contribution is -2.41. The van der Waals surface area contributed by atoms with E-state index in [0.717, 1.165) is 22.3 Å². The van der Waals surface area contributed by atoms with Crippen molar-refractivity contribution in [3.63, 3.8) is 0 Å². The molecule has 25 heavy (non-hydrogen) atoms. The van der Waals surface area contributed by atoms with Crippen LogP contribution in [0.4, 0.5) is 0 Å². The van der Waals surface area contributed by atoms with Crippen LogP contribution in [-0.4, -0.2) is 23.3 Å². The van der Waals surface area contributed by atoms with Gasteiger partial charge in [-0.2, -0.15) is 0 Å². The Balaban J connectivity index is 1.78. The first-order valence-corrected chi connectivity index (χ1v) is 8.75. The molecule has 0 radical (unpaired) electrons. The Bertz CT molecular complexity index is 746. The van der Waals surface area contributed by atoms with Gasteiger partial charge >= 0.3 is 7.12 Å². The van der Waals surface area contributed by atoms with Gasteiger partial charge in [-0.1, -0.05) is 23.7 Å². The van der Waals surface area contributed by atoms with Crippen LogP contribution < -0.4 is 10.2 Å². The van der Waals surface area contributed by atoms with Gasteiger partial charge in [-0.05, 0) is 57.9 Å². The zero-order valence-corrected chi connectivity index (χ0v) is 16.1. The number of halogens is 1. The Hall–Kier alpha value is -1.56. The molecule has 1 saturated heterocycles. The summed E-state index contributed by atoms with van der Waals surface area (Å²) in [5.74, 6) is 0.724. The van der Waals surface area contributed by atoms with Gasteiger partial charge in [-0.15, -0.1) is 0 Å². The van der Waals surface area contributed by atoms with Gasteiger partial charge < -0.3 is 14.0 Å². The minimum Gasteiger partial charge on any atom is -0.487 e. The van der Waals surface area contributed by atoms with Crippen LogP contribution in [0.25, 0.3) is 0 Å². The summed E-state index contributed by atoms with van der Waals surface area (Å²) in [4.78, 5) is 4.31. The predicted molar refractivity (Wildman–Crippen MR) is 100 cm³/mol. The first-order valence-electron chi connectivity index (χ1n) is 8.37. The number of ether oxygens (including phenoxy) is 1. The van der Waals surface area contributed by atoms with E-state index in [1.807, 2.05) is 58.9 Å². The molecule has 1 aliphatic heterocycles. The van der Waals surface area contributed by atoms with E-state index in [1.165, 1.54) is 0 Å². The Morgan fingerprint density at radius 1 is 1.04 bits per heavy atom. The summed E-state index contributed by atoms with van der Waals surface area (Å²) in [6, 6.07) is 7.60. The second kappa shape index (κ2) is 6.63. The third-order valence-corrected chi connectivity index (χ3v) is 5.27. The molecule has 0 bridgehead atoms. The van der Waals surface area contributed by atoms with Crippen molar-refractivity contribution in [1.82, 2.24) is 4.98 Å². The lowest BCUT2D eigenvalue weighted by molar-refractivity contribution is 0.00578. The second-order valence-electron chi connectivity index (χ2n) is 7.36. The fourth-order valence-electron chi connectivity index (χ4n) is 2.62. The van der Waals surface area contributed by atoms with Crippen LogP contribution in [0.15, 0.2) is 36.7 Å². The van der Waals surface area contributed by atoms with E-state index in [2.05, 4.69) is 4.98 Å². The molecule has 1 aliphatic rings. The fourth-order valence-corrected chi connectivity index (χ4v) is 2.74. The smallest absolute Gasteiger partial charge is 0.487 e. The SMILES string of the molecule is Cc1c(OCc2ccc(Cl)cc2)cncc1B1OC(C)(C)C(C)(C)O1. The average molecular weight is 360 g/mol. The zero-order valence-electron chi connectivity index (χ0n) is 15.3. The van der Waals surface area contributed by atoms with Crippen molar-refractivity contribution < 1.29 is 14.0 Å². The van der Waals surface area contributed by atoms with Gasteiger partial charge in [-0.25, -0.2) is 0 Å². The van der Waals surface area contributed by atoms with Gasteiger partial charge in [0.25, 0.3) is 0 Å². The molecule has 4 nitrogen and oxygen atoms in total. The van der Waals surface area contributed by atoms with Gasteiger partial charge in [0.1, 0.15) is 12.4 Å². The molecule has 1 fully saturated rings. The number of benzene rings is 1. The summed E-state index contributed by atoms with van der Waals surface area (Å²) in [7, 11) is -0.448. The first kappa shape index (κ1) is 18.2. The van der Waals surface area contributed by atoms with Gasteiger partial charge in [0.05, 0.1) is 17.4 Å². The largest absolute Gasteiger partial charge is 0.496 e. The molecule has 6 heteroatoms. The summed E-state index contributed by atoms with van der Waals surface area (Å²) in [6.45, 7) is 10.6. The minimum absolute atomic E-state index is 0.385. The number of pyridine rings is 1. The third-order valence-electron chi connectivity index (χ3n) is 5.02. The molecule has 132 valence electrons. The zero-order chi connectivity index (χ0) is 18.2. The molecule has 0 amide bonds. The summed E-state index contributed by atoms with van der Waals surface area (Å²) < 4.78 is 18.2. The molecule has 0 N–H and O–H groups in total. The van der Waals surface area contributed by atoms with Crippen molar-refractivity contribution in [1.29, 1.82) is 0 Å². The monoisotopic (exact) mass is 359 g/mol. The summed E-state index contributed by atoms with van der Waals surface area (Å²) >= 11 is 5.91. The second-order valence-corrected chi connectivity index (χ2v) is 7.79. The normalized spacial score (nSPS) is 18.4. The van der Waals surface area contributed by atoms with Crippen molar-refractivity contribution >= 4 is 24.2 Å². The van der Waals surface area contributed by atoms with E-state index in [1.54, 1.807) is 12.4 Å². The van der Waals surface area contributed by atoms with Crippen LogP contribution in [0.3, 0.4) is 0 Å². The van der Waals surface area contributed by atoms with Gasteiger partial charge in [0.2, 0.25) is 0 Å². The Morgan fingerprint density at radius 2 is 1.64 bits per heavy atom. The first-order chi connectivity index (χ1) is 11.7. The molecule has 0 atom stereocenters. The van der Waals surface area contributed by atoms with Crippen LogP contribution in [0.5, 0.6) is 5.75 Å². The molecule has 1 aromatic carbocycles. The maximum atomic E-state index is 6.13. The van der Waals surface area contributed by atoms with Crippen LogP contribution in [0.2, 0.25) is 5.02 Å². The van der Waals surface area contributed by atoms with Crippen molar-refractivity contribution in [3.8, 4) is 5.75 Å². The van der Waals surface area contributed by atoms with Crippen molar-refractivity contribution in [3.05, 3.63) is 52.8 Å². The number of hydrogen-bond acceptors (Lipinski definition) is 4. The maximum Gasteiger partial charge on any atom is 0.496 e. The van der Waals surface area contributed by atoms with Crippen molar-refractivity contribution in [2.24, 2.45) is 0 Å². The van der Waals surface area contributed by atoms with Gasteiger partial charge in [0, 0.05) is 16.7 Å². The lowest BCUT2D eigenvalue weighted by Gasteiger charge is -2.32. The van der Waals surface area contributed by atoms with E-state index in [-0.39, 0.29) is 11.2 Å². The quantitative estimate of drug-likeness (QED) is 0.776. The molecular weight excluding hydrogens is 336 g/mol.